The third-order valence-electron chi connectivity index (χ3n) is 2.91. The summed E-state index contributed by atoms with van der Waals surface area (Å²) in [6.45, 7) is 6.93. The van der Waals surface area contributed by atoms with Crippen LogP contribution in [0.5, 0.6) is 0 Å². The molecule has 2 aromatic heterocycles. The third kappa shape index (κ3) is 3.22. The summed E-state index contributed by atoms with van der Waals surface area (Å²) in [6, 6.07) is 4.27. The maximum atomic E-state index is 6.06. The Morgan fingerprint density at radius 3 is 2.79 bits per heavy atom. The Kier molecular flexibility index (Phi) is 4.37. The number of aryl methyl sites for hydroxylation is 1. The molecule has 0 saturated carbocycles. The number of hydrogen-bond donors (Lipinski definition) is 2. The van der Waals surface area contributed by atoms with Gasteiger partial charge >= 0.3 is 0 Å². The lowest BCUT2D eigenvalue weighted by Crippen LogP contribution is -2.13. The van der Waals surface area contributed by atoms with Crippen molar-refractivity contribution in [1.29, 1.82) is 0 Å². The first kappa shape index (κ1) is 14.2. The van der Waals surface area contributed by atoms with E-state index in [2.05, 4.69) is 30.3 Å². The van der Waals surface area contributed by atoms with Crippen molar-refractivity contribution < 1.29 is 0 Å². The van der Waals surface area contributed by atoms with Crippen molar-refractivity contribution >= 4 is 34.4 Å². The molecule has 0 aromatic carbocycles. The lowest BCUT2D eigenvalue weighted by Gasteiger charge is -2.13. The van der Waals surface area contributed by atoms with Gasteiger partial charge in [-0.05, 0) is 39.3 Å². The van der Waals surface area contributed by atoms with Crippen LogP contribution in [0.15, 0.2) is 12.1 Å². The molecule has 0 aliphatic carbocycles. The third-order valence-corrected chi connectivity index (χ3v) is 4.20. The molecule has 0 aliphatic heterocycles. The Bertz CT molecular complexity index is 559. The van der Waals surface area contributed by atoms with E-state index in [1.54, 1.807) is 11.3 Å². The number of nitrogens with one attached hydrogen (secondary N) is 1. The zero-order chi connectivity index (χ0) is 14.0. The highest BCUT2D eigenvalue weighted by atomic mass is 35.5. The molecule has 0 spiro atoms. The van der Waals surface area contributed by atoms with Crippen molar-refractivity contribution in [2.24, 2.45) is 0 Å². The fourth-order valence-electron chi connectivity index (χ4n) is 1.90. The first-order valence-corrected chi connectivity index (χ1v) is 7.51. The van der Waals surface area contributed by atoms with Crippen molar-refractivity contribution in [3.63, 3.8) is 0 Å². The van der Waals surface area contributed by atoms with Crippen LogP contribution in [0.2, 0.25) is 4.34 Å². The molecule has 0 bridgehead atoms. The van der Waals surface area contributed by atoms with Crippen molar-refractivity contribution in [3.05, 3.63) is 27.0 Å². The Morgan fingerprint density at radius 2 is 2.21 bits per heavy atom. The van der Waals surface area contributed by atoms with Gasteiger partial charge in [0, 0.05) is 17.5 Å². The Hall–Kier alpha value is -1.20. The fraction of sp³-hybridized carbons (Fsp3) is 0.462. The van der Waals surface area contributed by atoms with E-state index in [4.69, 9.17) is 17.3 Å². The highest BCUT2D eigenvalue weighted by molar-refractivity contribution is 7.16. The maximum Gasteiger partial charge on any atom is 0.148 e. The Labute approximate surface area is 122 Å². The predicted octanol–water partition coefficient (Wildman–Crippen LogP) is 3.72. The zero-order valence-corrected chi connectivity index (χ0v) is 13.0. The Balaban J connectivity index is 2.03. The van der Waals surface area contributed by atoms with Crippen molar-refractivity contribution in [1.82, 2.24) is 9.78 Å². The molecule has 2 rings (SSSR count). The van der Waals surface area contributed by atoms with Gasteiger partial charge in [-0.25, -0.2) is 4.68 Å². The Morgan fingerprint density at radius 1 is 1.47 bits per heavy atom. The van der Waals surface area contributed by atoms with Crippen LogP contribution in [0.3, 0.4) is 0 Å². The molecule has 4 nitrogen and oxygen atoms in total. The van der Waals surface area contributed by atoms with Gasteiger partial charge in [-0.1, -0.05) is 11.6 Å². The summed E-state index contributed by atoms with van der Waals surface area (Å²) < 4.78 is 2.77. The number of halogens is 1. The van der Waals surface area contributed by atoms with Gasteiger partial charge in [-0.2, -0.15) is 5.10 Å². The molecule has 2 aromatic rings. The molecule has 0 amide bonds. The minimum absolute atomic E-state index is 0.287. The van der Waals surface area contributed by atoms with Gasteiger partial charge in [0.25, 0.3) is 0 Å². The molecule has 0 aliphatic rings. The minimum atomic E-state index is 0.287. The number of nitrogen functional groups attached to an aromatic ring is 1. The first-order chi connectivity index (χ1) is 8.99. The van der Waals surface area contributed by atoms with Crippen LogP contribution in [0.25, 0.3) is 0 Å². The standard InChI is InChI=1S/C13H19ClN4S/c1-8(2)18-13(12(15)9(3)17-18)16-7-6-10-4-5-11(14)19-10/h4-5,8,16H,6-7,15H2,1-3H3. The van der Waals surface area contributed by atoms with E-state index in [-0.39, 0.29) is 6.04 Å². The number of thiophene rings is 1. The number of anilines is 2. The number of nitrogens with zero attached hydrogens (tertiary/aromatic N) is 2. The van der Waals surface area contributed by atoms with Gasteiger partial charge in [-0.15, -0.1) is 11.3 Å². The van der Waals surface area contributed by atoms with Crippen LogP contribution in [0.4, 0.5) is 11.5 Å². The van der Waals surface area contributed by atoms with Crippen LogP contribution in [0, 0.1) is 6.92 Å². The molecular weight excluding hydrogens is 280 g/mol. The smallest absolute Gasteiger partial charge is 0.148 e. The summed E-state index contributed by atoms with van der Waals surface area (Å²) in [5.74, 6) is 0.912. The van der Waals surface area contributed by atoms with E-state index in [0.717, 1.165) is 34.5 Å². The van der Waals surface area contributed by atoms with E-state index >= 15 is 0 Å². The SMILES string of the molecule is Cc1nn(C(C)C)c(NCCc2ccc(Cl)s2)c1N. The van der Waals surface area contributed by atoms with Gasteiger partial charge in [0.15, 0.2) is 0 Å². The number of nitrogens with two attached hydrogens (primary N) is 1. The van der Waals surface area contributed by atoms with E-state index in [1.807, 2.05) is 17.7 Å². The zero-order valence-electron chi connectivity index (χ0n) is 11.4. The summed E-state index contributed by atoms with van der Waals surface area (Å²) in [4.78, 5) is 1.27. The second-order valence-electron chi connectivity index (χ2n) is 4.77. The molecule has 0 atom stereocenters. The topological polar surface area (TPSA) is 55.9 Å². The molecule has 0 saturated heterocycles. The molecule has 19 heavy (non-hydrogen) atoms. The molecule has 0 unspecified atom stereocenters. The van der Waals surface area contributed by atoms with Gasteiger partial charge in [0.05, 0.1) is 15.7 Å². The lowest BCUT2D eigenvalue weighted by molar-refractivity contribution is 0.534. The van der Waals surface area contributed by atoms with Gasteiger partial charge < -0.3 is 11.1 Å². The summed E-state index contributed by atoms with van der Waals surface area (Å²) in [5, 5.41) is 7.83. The molecule has 0 fully saturated rings. The van der Waals surface area contributed by atoms with Crippen LogP contribution >= 0.6 is 22.9 Å². The summed E-state index contributed by atoms with van der Waals surface area (Å²) in [5.41, 5.74) is 7.67. The number of aromatic nitrogens is 2. The second-order valence-corrected chi connectivity index (χ2v) is 6.57. The summed E-state index contributed by atoms with van der Waals surface area (Å²) in [6.07, 6.45) is 0.930. The average molecular weight is 299 g/mol. The van der Waals surface area contributed by atoms with Crippen LogP contribution in [-0.2, 0) is 6.42 Å². The molecule has 2 heterocycles. The van der Waals surface area contributed by atoms with Crippen LogP contribution < -0.4 is 11.1 Å². The predicted molar refractivity (Wildman–Crippen MR) is 83.3 cm³/mol. The van der Waals surface area contributed by atoms with E-state index < -0.39 is 0 Å². The molecule has 6 heteroatoms. The van der Waals surface area contributed by atoms with Gasteiger partial charge in [-0.3, -0.25) is 0 Å². The average Bonchev–Trinajstić information content (AvgIpc) is 2.87. The summed E-state index contributed by atoms with van der Waals surface area (Å²) >= 11 is 7.53. The van der Waals surface area contributed by atoms with Crippen LogP contribution in [0.1, 0.15) is 30.5 Å². The van der Waals surface area contributed by atoms with E-state index in [0.29, 0.717) is 0 Å². The largest absolute Gasteiger partial charge is 0.394 e. The normalized spacial score (nSPS) is 11.2. The van der Waals surface area contributed by atoms with Gasteiger partial charge in [0.2, 0.25) is 0 Å². The highest BCUT2D eigenvalue weighted by Gasteiger charge is 2.14. The molecule has 3 N–H and O–H groups in total. The number of hydrogen-bond acceptors (Lipinski definition) is 4. The second kappa shape index (κ2) is 5.84. The van der Waals surface area contributed by atoms with Crippen LogP contribution in [-0.4, -0.2) is 16.3 Å². The number of rotatable bonds is 5. The van der Waals surface area contributed by atoms with Crippen molar-refractivity contribution in [3.8, 4) is 0 Å². The van der Waals surface area contributed by atoms with E-state index in [1.165, 1.54) is 4.88 Å². The monoisotopic (exact) mass is 298 g/mol. The quantitative estimate of drug-likeness (QED) is 0.884. The molecule has 0 radical (unpaired) electrons. The highest BCUT2D eigenvalue weighted by Crippen LogP contribution is 2.26. The van der Waals surface area contributed by atoms with Crippen molar-refractivity contribution in [2.45, 2.75) is 33.2 Å². The summed E-state index contributed by atoms with van der Waals surface area (Å²) in [7, 11) is 0. The first-order valence-electron chi connectivity index (χ1n) is 6.31. The van der Waals surface area contributed by atoms with Crippen molar-refractivity contribution in [2.75, 3.05) is 17.6 Å². The fourth-order valence-corrected chi connectivity index (χ4v) is 2.99. The van der Waals surface area contributed by atoms with Gasteiger partial charge in [0.1, 0.15) is 5.82 Å². The van der Waals surface area contributed by atoms with E-state index in [9.17, 15) is 0 Å². The maximum absolute atomic E-state index is 6.06. The molecular formula is C13H19ClN4S. The minimum Gasteiger partial charge on any atom is -0.394 e. The molecule has 104 valence electrons. The lowest BCUT2D eigenvalue weighted by atomic mass is 10.3.